The third kappa shape index (κ3) is 3.67. The van der Waals surface area contributed by atoms with Crippen molar-refractivity contribution in [3.63, 3.8) is 0 Å². The second-order valence-corrected chi connectivity index (χ2v) is 10.2. The lowest BCUT2D eigenvalue weighted by atomic mass is 9.82. The molecule has 1 aliphatic rings. The fourth-order valence-corrected chi connectivity index (χ4v) is 5.45. The van der Waals surface area contributed by atoms with Crippen LogP contribution in [0.2, 0.25) is 0 Å². The Bertz CT molecular complexity index is 1540. The molecule has 0 amide bonds. The first kappa shape index (κ1) is 22.2. The van der Waals surface area contributed by atoms with E-state index in [0.29, 0.717) is 0 Å². The lowest BCUT2D eigenvalue weighted by molar-refractivity contribution is 0.660. The Morgan fingerprint density at radius 3 is 1.75 bits per heavy atom. The molecule has 0 unspecified atom stereocenters. The third-order valence-electron chi connectivity index (χ3n) is 7.49. The minimum Gasteiger partial charge on any atom is -0.399 e. The number of nitrogen functional groups attached to an aromatic ring is 1. The molecule has 0 aromatic heterocycles. The predicted molar refractivity (Wildman–Crippen MR) is 153 cm³/mol. The number of hydrogen-bond acceptors (Lipinski definition) is 2. The Labute approximate surface area is 213 Å². The molecule has 5 aromatic rings. The largest absolute Gasteiger partial charge is 0.399 e. The van der Waals surface area contributed by atoms with Gasteiger partial charge in [-0.1, -0.05) is 86.1 Å². The number of fused-ring (bicyclic) bond motifs is 3. The second kappa shape index (κ2) is 8.42. The van der Waals surface area contributed by atoms with Crippen LogP contribution in [0.4, 0.5) is 22.7 Å². The molecule has 0 atom stereocenters. The van der Waals surface area contributed by atoms with E-state index in [2.05, 4.69) is 129 Å². The van der Waals surface area contributed by atoms with Crippen LogP contribution in [0.1, 0.15) is 30.5 Å². The second-order valence-electron chi connectivity index (χ2n) is 10.2. The molecule has 0 spiro atoms. The molecule has 5 aromatic carbocycles. The van der Waals surface area contributed by atoms with Gasteiger partial charge >= 0.3 is 0 Å². The molecular weight excluding hydrogens is 436 g/mol. The Morgan fingerprint density at radius 2 is 1.08 bits per heavy atom. The summed E-state index contributed by atoms with van der Waals surface area (Å²) in [5.74, 6) is 0. The quantitative estimate of drug-likeness (QED) is 0.268. The first-order valence-electron chi connectivity index (χ1n) is 12.5. The molecule has 36 heavy (non-hydrogen) atoms. The molecule has 0 bridgehead atoms. The summed E-state index contributed by atoms with van der Waals surface area (Å²) in [7, 11) is 0. The summed E-state index contributed by atoms with van der Waals surface area (Å²) < 4.78 is 0. The number of anilines is 4. The minimum absolute atomic E-state index is 0.0516. The zero-order valence-corrected chi connectivity index (χ0v) is 21.0. The van der Waals surface area contributed by atoms with Gasteiger partial charge < -0.3 is 10.6 Å². The molecule has 0 aliphatic heterocycles. The van der Waals surface area contributed by atoms with Gasteiger partial charge in [-0.15, -0.1) is 0 Å². The Hall–Kier alpha value is -4.30. The van der Waals surface area contributed by atoms with Gasteiger partial charge in [-0.25, -0.2) is 0 Å². The maximum Gasteiger partial charge on any atom is 0.0465 e. The van der Waals surface area contributed by atoms with Crippen molar-refractivity contribution in [2.24, 2.45) is 0 Å². The summed E-state index contributed by atoms with van der Waals surface area (Å²) in [5, 5.41) is 0. The highest BCUT2D eigenvalue weighted by atomic mass is 15.1. The van der Waals surface area contributed by atoms with Crippen LogP contribution in [0.5, 0.6) is 0 Å². The normalized spacial score (nSPS) is 13.2. The van der Waals surface area contributed by atoms with Crippen LogP contribution >= 0.6 is 0 Å². The number of hydrogen-bond donors (Lipinski definition) is 1. The van der Waals surface area contributed by atoms with Crippen molar-refractivity contribution < 1.29 is 0 Å². The molecule has 0 saturated carbocycles. The van der Waals surface area contributed by atoms with E-state index < -0.39 is 0 Å². The minimum atomic E-state index is -0.0516. The topological polar surface area (TPSA) is 29.3 Å². The lowest BCUT2D eigenvalue weighted by Gasteiger charge is -2.28. The van der Waals surface area contributed by atoms with Crippen LogP contribution in [-0.2, 0) is 5.41 Å². The first-order chi connectivity index (χ1) is 17.4. The van der Waals surface area contributed by atoms with E-state index in [4.69, 9.17) is 5.73 Å². The van der Waals surface area contributed by atoms with Gasteiger partial charge in [-0.3, -0.25) is 0 Å². The molecule has 0 saturated heterocycles. The SMILES string of the molecule is Cc1ccc(-c2ccc(N(c3ccc(N)cc3)c3ccc4c(c3)C(C)(C)c3ccccc3-4)cc2)cc1. The van der Waals surface area contributed by atoms with E-state index in [-0.39, 0.29) is 5.41 Å². The zero-order valence-electron chi connectivity index (χ0n) is 21.0. The Balaban J connectivity index is 1.46. The van der Waals surface area contributed by atoms with Gasteiger partial charge in [0.1, 0.15) is 0 Å². The van der Waals surface area contributed by atoms with E-state index in [1.165, 1.54) is 38.9 Å². The monoisotopic (exact) mass is 466 g/mol. The molecule has 0 radical (unpaired) electrons. The van der Waals surface area contributed by atoms with Gasteiger partial charge in [-0.2, -0.15) is 0 Å². The number of rotatable bonds is 4. The highest BCUT2D eigenvalue weighted by Crippen LogP contribution is 2.50. The van der Waals surface area contributed by atoms with Crippen LogP contribution in [0.3, 0.4) is 0 Å². The fraction of sp³-hybridized carbons (Fsp3) is 0.118. The van der Waals surface area contributed by atoms with Crippen LogP contribution in [-0.4, -0.2) is 0 Å². The molecule has 0 heterocycles. The summed E-state index contributed by atoms with van der Waals surface area (Å²) in [6, 6.07) is 41.3. The molecule has 2 heteroatoms. The molecule has 1 aliphatic carbocycles. The molecule has 0 fully saturated rings. The zero-order chi connectivity index (χ0) is 24.9. The molecular formula is C34H30N2. The lowest BCUT2D eigenvalue weighted by Crippen LogP contribution is -2.16. The van der Waals surface area contributed by atoms with Crippen LogP contribution in [0.25, 0.3) is 22.3 Å². The van der Waals surface area contributed by atoms with Crippen molar-refractivity contribution >= 4 is 22.7 Å². The van der Waals surface area contributed by atoms with Crippen LogP contribution in [0, 0.1) is 6.92 Å². The summed E-state index contributed by atoms with van der Waals surface area (Å²) in [4.78, 5) is 2.32. The van der Waals surface area contributed by atoms with Crippen molar-refractivity contribution in [1.29, 1.82) is 0 Å². The van der Waals surface area contributed by atoms with Gasteiger partial charge in [0.25, 0.3) is 0 Å². The van der Waals surface area contributed by atoms with E-state index in [9.17, 15) is 0 Å². The average Bonchev–Trinajstić information content (AvgIpc) is 3.13. The van der Waals surface area contributed by atoms with Crippen molar-refractivity contribution in [3.8, 4) is 22.3 Å². The van der Waals surface area contributed by atoms with Gasteiger partial charge in [0.15, 0.2) is 0 Å². The molecule has 2 nitrogen and oxygen atoms in total. The first-order valence-corrected chi connectivity index (χ1v) is 12.5. The van der Waals surface area contributed by atoms with Gasteiger partial charge in [-0.05, 0) is 88.8 Å². The van der Waals surface area contributed by atoms with Crippen LogP contribution < -0.4 is 10.6 Å². The summed E-state index contributed by atoms with van der Waals surface area (Å²) in [6.45, 7) is 6.77. The highest BCUT2D eigenvalue weighted by Gasteiger charge is 2.35. The average molecular weight is 467 g/mol. The molecule has 176 valence electrons. The van der Waals surface area contributed by atoms with Crippen LogP contribution in [0.15, 0.2) is 115 Å². The van der Waals surface area contributed by atoms with Crippen molar-refractivity contribution in [2.45, 2.75) is 26.2 Å². The molecule has 2 N–H and O–H groups in total. The van der Waals surface area contributed by atoms with E-state index in [1.54, 1.807) is 0 Å². The van der Waals surface area contributed by atoms with E-state index >= 15 is 0 Å². The third-order valence-corrected chi connectivity index (χ3v) is 7.49. The number of nitrogens with zero attached hydrogens (tertiary/aromatic N) is 1. The Kier molecular flexibility index (Phi) is 5.19. The van der Waals surface area contributed by atoms with Crippen molar-refractivity contribution in [2.75, 3.05) is 10.6 Å². The smallest absolute Gasteiger partial charge is 0.0465 e. The number of nitrogens with two attached hydrogens (primary N) is 1. The van der Waals surface area contributed by atoms with Gasteiger partial charge in [0.05, 0.1) is 0 Å². The summed E-state index contributed by atoms with van der Waals surface area (Å²) in [5.41, 5.74) is 19.2. The van der Waals surface area contributed by atoms with E-state index in [0.717, 1.165) is 22.7 Å². The number of benzene rings is 5. The highest BCUT2D eigenvalue weighted by molar-refractivity contribution is 5.86. The maximum absolute atomic E-state index is 6.04. The summed E-state index contributed by atoms with van der Waals surface area (Å²) >= 11 is 0. The van der Waals surface area contributed by atoms with Gasteiger partial charge in [0.2, 0.25) is 0 Å². The predicted octanol–water partition coefficient (Wildman–Crippen LogP) is 9.02. The maximum atomic E-state index is 6.04. The van der Waals surface area contributed by atoms with Crippen molar-refractivity contribution in [1.82, 2.24) is 0 Å². The van der Waals surface area contributed by atoms with Gasteiger partial charge in [0, 0.05) is 28.2 Å². The molecule has 6 rings (SSSR count). The fourth-order valence-electron chi connectivity index (χ4n) is 5.45. The van der Waals surface area contributed by atoms with Crippen molar-refractivity contribution in [3.05, 3.63) is 132 Å². The summed E-state index contributed by atoms with van der Waals surface area (Å²) in [6.07, 6.45) is 0. The van der Waals surface area contributed by atoms with E-state index in [1.807, 2.05) is 12.1 Å². The standard InChI is InChI=1S/C34H30N2/c1-23-8-10-24(11-9-23)25-12-16-27(17-13-25)36(28-18-14-26(35)15-19-28)29-20-21-31-30-6-4-5-7-32(30)34(2,3)33(31)22-29/h4-22H,35H2,1-3H3. The number of aryl methyl sites for hydroxylation is 1. The Morgan fingerprint density at radius 1 is 0.556 bits per heavy atom.